The summed E-state index contributed by atoms with van der Waals surface area (Å²) in [5.74, 6) is 1.27. The first kappa shape index (κ1) is 11.3. The summed E-state index contributed by atoms with van der Waals surface area (Å²) < 4.78 is 0. The monoisotopic (exact) mass is 174 g/mol. The van der Waals surface area contributed by atoms with E-state index in [9.17, 15) is 0 Å². The van der Waals surface area contributed by atoms with Crippen LogP contribution in [0.5, 0.6) is 0 Å². The van der Waals surface area contributed by atoms with Crippen LogP contribution in [-0.2, 0) is 0 Å². The Hall–Kier alpha value is 0.310. The molecule has 0 rings (SSSR count). The molecule has 0 aliphatic rings. The maximum atomic E-state index is 2.43. The smallest absolute Gasteiger partial charge is 0.00129 e. The molecule has 0 unspecified atom stereocenters. The van der Waals surface area contributed by atoms with Crippen LogP contribution >= 0.6 is 11.8 Å². The van der Waals surface area contributed by atoms with Gasteiger partial charge in [-0.1, -0.05) is 13.8 Å². The second-order valence-corrected chi connectivity index (χ2v) is 3.54. The molecule has 1 nitrogen and oxygen atoms in total. The van der Waals surface area contributed by atoms with Gasteiger partial charge in [0.05, 0.1) is 0 Å². The van der Waals surface area contributed by atoms with Gasteiger partial charge in [-0.15, -0.1) is 0 Å². The zero-order valence-corrected chi connectivity index (χ0v) is 8.78. The van der Waals surface area contributed by atoms with E-state index in [-0.39, 0.29) is 0 Å². The lowest BCUT2D eigenvalue weighted by molar-refractivity contribution is 0.325. The minimum atomic E-state index is 1.16. The summed E-state index contributed by atoms with van der Waals surface area (Å²) in [7, 11) is 0. The van der Waals surface area contributed by atoms with Gasteiger partial charge < -0.3 is 4.90 Å². The van der Waals surface area contributed by atoms with E-state index in [4.69, 9.17) is 0 Å². The topological polar surface area (TPSA) is 3.24 Å². The van der Waals surface area contributed by atoms with Gasteiger partial charge in [0.1, 0.15) is 0 Å². The maximum Gasteiger partial charge on any atom is 0.00129 e. The Morgan fingerprint density at radius 2 is 1.91 bits per heavy atom. The van der Waals surface area contributed by atoms with Crippen LogP contribution in [-0.4, -0.2) is 36.5 Å². The fourth-order valence-electron chi connectivity index (χ4n) is 0.957. The van der Waals surface area contributed by atoms with Crippen molar-refractivity contribution in [1.82, 2.24) is 4.90 Å². The van der Waals surface area contributed by atoms with E-state index < -0.39 is 0 Å². The molecule has 0 heterocycles. The van der Waals surface area contributed by atoms with Gasteiger partial charge >= 0.3 is 0 Å². The maximum absolute atomic E-state index is 2.43. The first-order chi connectivity index (χ1) is 5.35. The molecule has 0 aromatic heterocycles. The highest BCUT2D eigenvalue weighted by atomic mass is 32.2. The predicted octanol–water partition coefficient (Wildman–Crippen LogP) is 2.29. The lowest BCUT2D eigenvalue weighted by Gasteiger charge is -2.16. The average molecular weight is 174 g/mol. The highest BCUT2D eigenvalue weighted by Gasteiger charge is 1.96. The highest BCUT2D eigenvalue weighted by Crippen LogP contribution is 1.99. The van der Waals surface area contributed by atoms with Crippen LogP contribution < -0.4 is 0 Å². The number of rotatable bonds is 7. The standard InChI is InChI=1S/C9H20NS/c1-4-10(5-2)8-6-7-9-11-3/h6H,4-5,7-9H2,1-3H3. The molecular formula is C9H20NS. The molecular weight excluding hydrogens is 154 g/mol. The van der Waals surface area contributed by atoms with Crippen molar-refractivity contribution in [2.75, 3.05) is 31.6 Å². The van der Waals surface area contributed by atoms with E-state index in [1.54, 1.807) is 0 Å². The number of hydrogen-bond donors (Lipinski definition) is 0. The molecule has 2 heteroatoms. The van der Waals surface area contributed by atoms with Crippen LogP contribution in [0.4, 0.5) is 0 Å². The molecule has 1 radical (unpaired) electrons. The third-order valence-corrected chi connectivity index (χ3v) is 2.45. The summed E-state index contributed by atoms with van der Waals surface area (Å²) in [5.41, 5.74) is 0. The van der Waals surface area contributed by atoms with Crippen molar-refractivity contribution in [2.45, 2.75) is 20.3 Å². The first-order valence-corrected chi connectivity index (χ1v) is 5.77. The Morgan fingerprint density at radius 1 is 1.27 bits per heavy atom. The van der Waals surface area contributed by atoms with Crippen molar-refractivity contribution >= 4 is 11.8 Å². The van der Waals surface area contributed by atoms with Crippen LogP contribution in [0, 0.1) is 6.42 Å². The van der Waals surface area contributed by atoms with Gasteiger partial charge in [0.25, 0.3) is 0 Å². The second-order valence-electron chi connectivity index (χ2n) is 2.56. The Kier molecular flexibility index (Phi) is 8.64. The van der Waals surface area contributed by atoms with Crippen LogP contribution in [0.3, 0.4) is 0 Å². The quantitative estimate of drug-likeness (QED) is 0.545. The van der Waals surface area contributed by atoms with Gasteiger partial charge in [0.2, 0.25) is 0 Å². The van der Waals surface area contributed by atoms with Crippen molar-refractivity contribution in [3.05, 3.63) is 6.42 Å². The fourth-order valence-corrected chi connectivity index (χ4v) is 1.36. The van der Waals surface area contributed by atoms with Crippen LogP contribution in [0.2, 0.25) is 0 Å². The summed E-state index contributed by atoms with van der Waals surface area (Å²) >= 11 is 1.92. The van der Waals surface area contributed by atoms with Crippen LogP contribution in [0.25, 0.3) is 0 Å². The zero-order chi connectivity index (χ0) is 8.53. The summed E-state index contributed by atoms with van der Waals surface area (Å²) in [5, 5.41) is 0. The van der Waals surface area contributed by atoms with Gasteiger partial charge in [-0.3, -0.25) is 0 Å². The van der Waals surface area contributed by atoms with Crippen molar-refractivity contribution in [1.29, 1.82) is 0 Å². The molecule has 0 N–H and O–H groups in total. The van der Waals surface area contributed by atoms with Crippen molar-refractivity contribution in [2.24, 2.45) is 0 Å². The average Bonchev–Trinajstić information content (AvgIpc) is 2.05. The molecule has 0 bridgehead atoms. The van der Waals surface area contributed by atoms with Gasteiger partial charge in [0.15, 0.2) is 0 Å². The first-order valence-electron chi connectivity index (χ1n) is 4.38. The fraction of sp³-hybridized carbons (Fsp3) is 0.889. The molecule has 11 heavy (non-hydrogen) atoms. The lowest BCUT2D eigenvalue weighted by atomic mass is 10.3. The Morgan fingerprint density at radius 3 is 2.36 bits per heavy atom. The Labute approximate surface area is 75.5 Å². The molecule has 67 valence electrons. The Bertz CT molecular complexity index is 72.0. The summed E-state index contributed by atoms with van der Waals surface area (Å²) in [6.45, 7) is 7.93. The SMILES string of the molecule is CCN(CC)C[CH]CCSC. The molecule has 0 aromatic rings. The number of unbranched alkanes of at least 4 members (excludes halogenated alkanes) is 1. The highest BCUT2D eigenvalue weighted by molar-refractivity contribution is 7.98. The molecule has 0 saturated carbocycles. The molecule has 0 atom stereocenters. The molecule has 0 fully saturated rings. The zero-order valence-electron chi connectivity index (χ0n) is 7.97. The largest absolute Gasteiger partial charge is 0.304 e. The minimum Gasteiger partial charge on any atom is -0.304 e. The van der Waals surface area contributed by atoms with E-state index in [2.05, 4.69) is 31.4 Å². The van der Waals surface area contributed by atoms with Gasteiger partial charge in [0, 0.05) is 6.54 Å². The van der Waals surface area contributed by atoms with Gasteiger partial charge in [-0.05, 0) is 37.9 Å². The molecule has 0 saturated heterocycles. The minimum absolute atomic E-state index is 1.16. The molecule has 0 aliphatic heterocycles. The van der Waals surface area contributed by atoms with E-state index in [0.717, 1.165) is 6.54 Å². The molecule has 0 amide bonds. The number of hydrogen-bond acceptors (Lipinski definition) is 2. The van der Waals surface area contributed by atoms with Crippen LogP contribution in [0.15, 0.2) is 0 Å². The molecule has 0 aliphatic carbocycles. The van der Waals surface area contributed by atoms with E-state index in [1.807, 2.05) is 11.8 Å². The summed E-state index contributed by atoms with van der Waals surface area (Å²) in [4.78, 5) is 2.43. The van der Waals surface area contributed by atoms with E-state index in [0.29, 0.717) is 0 Å². The van der Waals surface area contributed by atoms with Crippen molar-refractivity contribution in [3.63, 3.8) is 0 Å². The summed E-state index contributed by atoms with van der Waals surface area (Å²) in [6, 6.07) is 0. The van der Waals surface area contributed by atoms with Crippen molar-refractivity contribution in [3.8, 4) is 0 Å². The predicted molar refractivity (Wildman–Crippen MR) is 55.1 cm³/mol. The summed E-state index contributed by atoms with van der Waals surface area (Å²) in [6.07, 6.45) is 5.78. The third-order valence-electron chi connectivity index (χ3n) is 1.81. The Balaban J connectivity index is 3.07. The van der Waals surface area contributed by atoms with E-state index >= 15 is 0 Å². The molecule has 0 spiro atoms. The molecule has 0 aromatic carbocycles. The lowest BCUT2D eigenvalue weighted by Crippen LogP contribution is -2.24. The van der Waals surface area contributed by atoms with Gasteiger partial charge in [-0.25, -0.2) is 0 Å². The number of nitrogens with zero attached hydrogens (tertiary/aromatic N) is 1. The van der Waals surface area contributed by atoms with Crippen molar-refractivity contribution < 1.29 is 0 Å². The van der Waals surface area contributed by atoms with Gasteiger partial charge in [-0.2, -0.15) is 11.8 Å². The van der Waals surface area contributed by atoms with E-state index in [1.165, 1.54) is 25.3 Å². The normalized spacial score (nSPS) is 10.9. The third kappa shape index (κ3) is 6.70. The second kappa shape index (κ2) is 8.41. The van der Waals surface area contributed by atoms with Crippen LogP contribution in [0.1, 0.15) is 20.3 Å². The number of thioether (sulfide) groups is 1.